The lowest BCUT2D eigenvalue weighted by atomic mass is 9.98. The summed E-state index contributed by atoms with van der Waals surface area (Å²) in [6.45, 7) is 9.61. The van der Waals surface area contributed by atoms with Gasteiger partial charge in [0.25, 0.3) is 0 Å². The first-order chi connectivity index (χ1) is 6.20. The van der Waals surface area contributed by atoms with Crippen LogP contribution in [-0.4, -0.2) is 26.2 Å². The summed E-state index contributed by atoms with van der Waals surface area (Å²) in [6, 6.07) is 0. The van der Waals surface area contributed by atoms with Crippen LogP contribution in [0, 0.1) is 17.3 Å². The van der Waals surface area contributed by atoms with Crippen LogP contribution in [0.5, 0.6) is 0 Å². The second-order valence-electron chi connectivity index (χ2n) is 5.34. The van der Waals surface area contributed by atoms with E-state index in [0.29, 0.717) is 5.41 Å². The number of rotatable bonds is 4. The van der Waals surface area contributed by atoms with Crippen LogP contribution in [0.1, 0.15) is 26.7 Å². The predicted molar refractivity (Wildman–Crippen MR) is 55.7 cm³/mol. The minimum Gasteiger partial charge on any atom is -0.316 e. The average molecular weight is 182 g/mol. The van der Waals surface area contributed by atoms with Gasteiger partial charge in [0, 0.05) is 6.54 Å². The molecule has 0 bridgehead atoms. The predicted octanol–water partition coefficient (Wildman–Crippen LogP) is 1.23. The van der Waals surface area contributed by atoms with Gasteiger partial charge in [-0.15, -0.1) is 0 Å². The van der Waals surface area contributed by atoms with Gasteiger partial charge in [-0.25, -0.2) is 0 Å². The van der Waals surface area contributed by atoms with Crippen molar-refractivity contribution < 1.29 is 0 Å². The maximum Gasteiger partial charge on any atom is 0.000529 e. The van der Waals surface area contributed by atoms with Crippen molar-refractivity contribution >= 4 is 0 Å². The molecule has 13 heavy (non-hydrogen) atoms. The summed E-state index contributed by atoms with van der Waals surface area (Å²) >= 11 is 0. The van der Waals surface area contributed by atoms with Crippen LogP contribution in [0.25, 0.3) is 0 Å². The summed E-state index contributed by atoms with van der Waals surface area (Å²) in [5, 5.41) is 7.07. The van der Waals surface area contributed by atoms with Crippen molar-refractivity contribution in [1.29, 1.82) is 0 Å². The largest absolute Gasteiger partial charge is 0.316 e. The molecule has 1 aliphatic carbocycles. The molecule has 0 aromatic rings. The number of nitrogens with one attached hydrogen (secondary N) is 2. The highest BCUT2D eigenvalue weighted by Gasteiger charge is 2.36. The zero-order valence-corrected chi connectivity index (χ0v) is 8.90. The first-order valence-electron chi connectivity index (χ1n) is 5.61. The summed E-state index contributed by atoms with van der Waals surface area (Å²) < 4.78 is 0. The molecule has 76 valence electrons. The molecular formula is C11H22N2. The maximum absolute atomic E-state index is 3.62. The van der Waals surface area contributed by atoms with Crippen LogP contribution in [0.3, 0.4) is 0 Å². The second kappa shape index (κ2) is 3.58. The molecule has 1 saturated heterocycles. The summed E-state index contributed by atoms with van der Waals surface area (Å²) in [5.41, 5.74) is 0.662. The topological polar surface area (TPSA) is 24.1 Å². The van der Waals surface area contributed by atoms with E-state index < -0.39 is 0 Å². The zero-order valence-electron chi connectivity index (χ0n) is 8.90. The first kappa shape index (κ1) is 9.47. The van der Waals surface area contributed by atoms with Crippen molar-refractivity contribution in [1.82, 2.24) is 10.6 Å². The molecule has 0 spiro atoms. The third kappa shape index (κ3) is 2.44. The molecule has 1 heterocycles. The molecule has 2 atom stereocenters. The van der Waals surface area contributed by atoms with Gasteiger partial charge in [-0.1, -0.05) is 13.8 Å². The van der Waals surface area contributed by atoms with Gasteiger partial charge in [0.2, 0.25) is 0 Å². The van der Waals surface area contributed by atoms with Crippen molar-refractivity contribution in [3.05, 3.63) is 0 Å². The molecule has 2 rings (SSSR count). The second-order valence-corrected chi connectivity index (χ2v) is 5.34. The van der Waals surface area contributed by atoms with E-state index in [1.165, 1.54) is 39.0 Å². The van der Waals surface area contributed by atoms with Crippen LogP contribution >= 0.6 is 0 Å². The minimum absolute atomic E-state index is 0.662. The van der Waals surface area contributed by atoms with Crippen molar-refractivity contribution in [3.8, 4) is 0 Å². The van der Waals surface area contributed by atoms with E-state index in [4.69, 9.17) is 0 Å². The molecule has 0 aromatic carbocycles. The fraction of sp³-hybridized carbons (Fsp3) is 1.00. The van der Waals surface area contributed by atoms with Gasteiger partial charge in [0.05, 0.1) is 0 Å². The van der Waals surface area contributed by atoms with Crippen LogP contribution in [-0.2, 0) is 0 Å². The molecular weight excluding hydrogens is 160 g/mol. The van der Waals surface area contributed by atoms with Gasteiger partial charge in [-0.3, -0.25) is 0 Å². The lowest BCUT2D eigenvalue weighted by molar-refractivity contribution is 0.394. The Labute approximate surface area is 81.5 Å². The van der Waals surface area contributed by atoms with E-state index in [2.05, 4.69) is 24.5 Å². The molecule has 2 heteroatoms. The number of hydrogen-bond donors (Lipinski definition) is 2. The van der Waals surface area contributed by atoms with Gasteiger partial charge in [0.15, 0.2) is 0 Å². The summed E-state index contributed by atoms with van der Waals surface area (Å²) in [5.74, 6) is 1.72. The average Bonchev–Trinajstić information content (AvgIpc) is 2.68. The molecule has 0 amide bonds. The van der Waals surface area contributed by atoms with E-state index in [0.717, 1.165) is 11.8 Å². The SMILES string of the molecule is C[C@@H]1CNC[C@H]1CNCC1(C)CC1. The highest BCUT2D eigenvalue weighted by molar-refractivity contribution is 4.91. The van der Waals surface area contributed by atoms with E-state index in [1.807, 2.05) is 0 Å². The van der Waals surface area contributed by atoms with E-state index in [1.54, 1.807) is 0 Å². The van der Waals surface area contributed by atoms with E-state index in [9.17, 15) is 0 Å². The Balaban J connectivity index is 1.62. The molecule has 0 radical (unpaired) electrons. The van der Waals surface area contributed by atoms with E-state index >= 15 is 0 Å². The van der Waals surface area contributed by atoms with Gasteiger partial charge >= 0.3 is 0 Å². The lowest BCUT2D eigenvalue weighted by Gasteiger charge is -2.16. The highest BCUT2D eigenvalue weighted by Crippen LogP contribution is 2.44. The standard InChI is InChI=1S/C11H22N2/c1-9-5-12-6-10(9)7-13-8-11(2)3-4-11/h9-10,12-13H,3-8H2,1-2H3/t9-,10+/m1/s1. The zero-order chi connectivity index (χ0) is 9.31. The molecule has 2 nitrogen and oxygen atoms in total. The molecule has 2 N–H and O–H groups in total. The smallest absolute Gasteiger partial charge is 0.000529 e. The van der Waals surface area contributed by atoms with Crippen LogP contribution in [0.4, 0.5) is 0 Å². The fourth-order valence-electron chi connectivity index (χ4n) is 2.09. The number of hydrogen-bond acceptors (Lipinski definition) is 2. The van der Waals surface area contributed by atoms with Crippen molar-refractivity contribution in [2.24, 2.45) is 17.3 Å². The summed E-state index contributed by atoms with van der Waals surface area (Å²) in [6.07, 6.45) is 2.86. The molecule has 2 fully saturated rings. The van der Waals surface area contributed by atoms with Crippen LogP contribution in [0.15, 0.2) is 0 Å². The van der Waals surface area contributed by atoms with Gasteiger partial charge in [-0.2, -0.15) is 0 Å². The van der Waals surface area contributed by atoms with Crippen molar-refractivity contribution in [2.75, 3.05) is 26.2 Å². The Morgan fingerprint density at radius 3 is 2.69 bits per heavy atom. The van der Waals surface area contributed by atoms with Gasteiger partial charge in [0.1, 0.15) is 0 Å². The Kier molecular flexibility index (Phi) is 2.61. The Bertz CT molecular complexity index is 175. The molecule has 2 aliphatic rings. The molecule has 0 aromatic heterocycles. The van der Waals surface area contributed by atoms with Crippen molar-refractivity contribution in [3.63, 3.8) is 0 Å². The Morgan fingerprint density at radius 2 is 2.15 bits per heavy atom. The molecule has 0 unspecified atom stereocenters. The third-order valence-electron chi connectivity index (χ3n) is 3.74. The monoisotopic (exact) mass is 182 g/mol. The van der Waals surface area contributed by atoms with Gasteiger partial charge in [-0.05, 0) is 49.7 Å². The maximum atomic E-state index is 3.62. The third-order valence-corrected chi connectivity index (χ3v) is 3.74. The first-order valence-corrected chi connectivity index (χ1v) is 5.61. The van der Waals surface area contributed by atoms with Gasteiger partial charge < -0.3 is 10.6 Å². The quantitative estimate of drug-likeness (QED) is 0.683. The summed E-state index contributed by atoms with van der Waals surface area (Å²) in [4.78, 5) is 0. The van der Waals surface area contributed by atoms with Crippen LogP contribution in [0.2, 0.25) is 0 Å². The summed E-state index contributed by atoms with van der Waals surface area (Å²) in [7, 11) is 0. The Hall–Kier alpha value is -0.0800. The fourth-order valence-corrected chi connectivity index (χ4v) is 2.09. The minimum atomic E-state index is 0.662. The highest BCUT2D eigenvalue weighted by atomic mass is 15.0. The molecule has 1 aliphatic heterocycles. The normalized spacial score (nSPS) is 36.5. The van der Waals surface area contributed by atoms with E-state index in [-0.39, 0.29) is 0 Å². The lowest BCUT2D eigenvalue weighted by Crippen LogP contribution is -2.30. The van der Waals surface area contributed by atoms with Crippen LogP contribution < -0.4 is 10.6 Å². The molecule has 1 saturated carbocycles. The van der Waals surface area contributed by atoms with Crippen molar-refractivity contribution in [2.45, 2.75) is 26.7 Å². The Morgan fingerprint density at radius 1 is 1.38 bits per heavy atom.